The first-order chi connectivity index (χ1) is 8.24. The molecule has 1 heterocycles. The summed E-state index contributed by atoms with van der Waals surface area (Å²) in [5.41, 5.74) is 8.62. The molecule has 0 amide bonds. The normalized spacial score (nSPS) is 12.6. The van der Waals surface area contributed by atoms with Crippen molar-refractivity contribution < 1.29 is 0 Å². The van der Waals surface area contributed by atoms with E-state index in [4.69, 9.17) is 5.73 Å². The molecule has 0 radical (unpaired) electrons. The fourth-order valence-electron chi connectivity index (χ4n) is 1.87. The van der Waals surface area contributed by atoms with E-state index in [0.29, 0.717) is 0 Å². The van der Waals surface area contributed by atoms with Gasteiger partial charge in [-0.1, -0.05) is 30.3 Å². The Kier molecular flexibility index (Phi) is 4.29. The minimum Gasteiger partial charge on any atom is -0.327 e. The molecular formula is C14H18N2S. The number of thiazole rings is 1. The number of hydrogen-bond acceptors (Lipinski definition) is 3. The lowest BCUT2D eigenvalue weighted by Crippen LogP contribution is -2.23. The molecule has 0 spiro atoms. The van der Waals surface area contributed by atoms with Crippen LogP contribution < -0.4 is 5.73 Å². The van der Waals surface area contributed by atoms with Crippen LogP contribution in [0.25, 0.3) is 0 Å². The number of rotatable bonds is 5. The Hall–Kier alpha value is -1.19. The summed E-state index contributed by atoms with van der Waals surface area (Å²) in [5.74, 6) is 0. The second-order valence-corrected chi connectivity index (χ2v) is 5.41. The lowest BCUT2D eigenvalue weighted by atomic mass is 10.0. The van der Waals surface area contributed by atoms with Crippen molar-refractivity contribution in [2.24, 2.45) is 5.73 Å². The Balaban J connectivity index is 1.80. The van der Waals surface area contributed by atoms with Gasteiger partial charge in [-0.15, -0.1) is 11.3 Å². The molecule has 1 unspecified atom stereocenters. The summed E-state index contributed by atoms with van der Waals surface area (Å²) in [6, 6.07) is 10.7. The quantitative estimate of drug-likeness (QED) is 0.881. The monoisotopic (exact) mass is 246 g/mol. The van der Waals surface area contributed by atoms with Gasteiger partial charge in [-0.3, -0.25) is 0 Å². The van der Waals surface area contributed by atoms with Gasteiger partial charge in [0.05, 0.1) is 10.7 Å². The highest BCUT2D eigenvalue weighted by Gasteiger charge is 2.06. The Morgan fingerprint density at radius 2 is 2.06 bits per heavy atom. The van der Waals surface area contributed by atoms with Crippen LogP contribution in [0.5, 0.6) is 0 Å². The van der Waals surface area contributed by atoms with Gasteiger partial charge in [0.15, 0.2) is 0 Å². The van der Waals surface area contributed by atoms with Gasteiger partial charge in [-0.2, -0.15) is 0 Å². The van der Waals surface area contributed by atoms with Crippen molar-refractivity contribution in [3.05, 3.63) is 52.0 Å². The van der Waals surface area contributed by atoms with Crippen LogP contribution in [0.1, 0.15) is 22.7 Å². The summed E-state index contributed by atoms with van der Waals surface area (Å²) in [6.07, 6.45) is 2.95. The molecule has 0 saturated carbocycles. The Labute approximate surface area is 107 Å². The zero-order valence-electron chi connectivity index (χ0n) is 10.1. The van der Waals surface area contributed by atoms with E-state index < -0.39 is 0 Å². The SMILES string of the molecule is Cc1nc(CC(N)CCc2ccccc2)cs1. The molecule has 2 nitrogen and oxygen atoms in total. The molecule has 1 aromatic heterocycles. The zero-order chi connectivity index (χ0) is 12.1. The molecule has 2 N–H and O–H groups in total. The van der Waals surface area contributed by atoms with Crippen LogP contribution in [0, 0.1) is 6.92 Å². The average molecular weight is 246 g/mol. The van der Waals surface area contributed by atoms with Crippen LogP contribution in [0.4, 0.5) is 0 Å². The number of aromatic nitrogens is 1. The van der Waals surface area contributed by atoms with Gasteiger partial charge in [0, 0.05) is 17.8 Å². The van der Waals surface area contributed by atoms with Gasteiger partial charge in [-0.25, -0.2) is 4.98 Å². The van der Waals surface area contributed by atoms with E-state index >= 15 is 0 Å². The molecule has 0 aliphatic heterocycles. The van der Waals surface area contributed by atoms with Gasteiger partial charge in [-0.05, 0) is 25.3 Å². The van der Waals surface area contributed by atoms with Crippen molar-refractivity contribution in [3.63, 3.8) is 0 Å². The minimum atomic E-state index is 0.205. The second-order valence-electron chi connectivity index (χ2n) is 4.35. The summed E-state index contributed by atoms with van der Waals surface area (Å²) < 4.78 is 0. The van der Waals surface area contributed by atoms with E-state index in [1.54, 1.807) is 11.3 Å². The van der Waals surface area contributed by atoms with Gasteiger partial charge in [0.2, 0.25) is 0 Å². The molecular weight excluding hydrogens is 228 g/mol. The number of nitrogens with two attached hydrogens (primary N) is 1. The van der Waals surface area contributed by atoms with Crippen LogP contribution in [0.2, 0.25) is 0 Å². The van der Waals surface area contributed by atoms with Crippen LogP contribution in [0.15, 0.2) is 35.7 Å². The summed E-state index contributed by atoms with van der Waals surface area (Å²) in [4.78, 5) is 4.44. The zero-order valence-corrected chi connectivity index (χ0v) is 10.9. The van der Waals surface area contributed by atoms with Crippen molar-refractivity contribution in [2.75, 3.05) is 0 Å². The molecule has 2 aromatic rings. The topological polar surface area (TPSA) is 38.9 Å². The van der Waals surface area contributed by atoms with Crippen LogP contribution in [-0.4, -0.2) is 11.0 Å². The molecule has 0 bridgehead atoms. The first kappa shape index (κ1) is 12.3. The number of nitrogens with zero attached hydrogens (tertiary/aromatic N) is 1. The largest absolute Gasteiger partial charge is 0.327 e. The standard InChI is InChI=1S/C14H18N2S/c1-11-16-14(10-17-11)9-13(15)8-7-12-5-3-2-4-6-12/h2-6,10,13H,7-9,15H2,1H3. The highest BCUT2D eigenvalue weighted by molar-refractivity contribution is 7.09. The van der Waals surface area contributed by atoms with Crippen molar-refractivity contribution in [1.29, 1.82) is 0 Å². The van der Waals surface area contributed by atoms with Crippen LogP contribution >= 0.6 is 11.3 Å². The van der Waals surface area contributed by atoms with E-state index in [1.807, 2.05) is 13.0 Å². The molecule has 0 saturated heterocycles. The van der Waals surface area contributed by atoms with Crippen molar-refractivity contribution in [3.8, 4) is 0 Å². The van der Waals surface area contributed by atoms with Crippen molar-refractivity contribution in [2.45, 2.75) is 32.2 Å². The number of aryl methyl sites for hydroxylation is 2. The summed E-state index contributed by atoms with van der Waals surface area (Å²) >= 11 is 1.69. The summed E-state index contributed by atoms with van der Waals surface area (Å²) in [5, 5.41) is 3.23. The Bertz CT molecular complexity index is 450. The van der Waals surface area contributed by atoms with Gasteiger partial charge in [0.25, 0.3) is 0 Å². The second kappa shape index (κ2) is 5.94. The third-order valence-corrected chi connectivity index (χ3v) is 3.61. The summed E-state index contributed by atoms with van der Waals surface area (Å²) in [6.45, 7) is 2.03. The third kappa shape index (κ3) is 3.95. The van der Waals surface area contributed by atoms with E-state index in [-0.39, 0.29) is 6.04 Å². The highest BCUT2D eigenvalue weighted by Crippen LogP contribution is 2.11. The molecule has 3 heteroatoms. The predicted molar refractivity (Wildman–Crippen MR) is 73.3 cm³/mol. The number of hydrogen-bond donors (Lipinski definition) is 1. The Morgan fingerprint density at radius 3 is 2.71 bits per heavy atom. The van der Waals surface area contributed by atoms with E-state index in [2.05, 4.69) is 34.6 Å². The third-order valence-electron chi connectivity index (χ3n) is 2.78. The van der Waals surface area contributed by atoms with Crippen LogP contribution in [0.3, 0.4) is 0 Å². The average Bonchev–Trinajstić information content (AvgIpc) is 2.73. The lowest BCUT2D eigenvalue weighted by Gasteiger charge is -2.09. The molecule has 0 fully saturated rings. The smallest absolute Gasteiger partial charge is 0.0897 e. The molecule has 0 aliphatic rings. The fourth-order valence-corrected chi connectivity index (χ4v) is 2.49. The molecule has 1 atom stereocenters. The first-order valence-electron chi connectivity index (χ1n) is 5.94. The molecule has 17 heavy (non-hydrogen) atoms. The molecule has 1 aromatic carbocycles. The van der Waals surface area contributed by atoms with Crippen molar-refractivity contribution in [1.82, 2.24) is 4.98 Å². The van der Waals surface area contributed by atoms with E-state index in [9.17, 15) is 0 Å². The predicted octanol–water partition coefficient (Wildman–Crippen LogP) is 2.95. The lowest BCUT2D eigenvalue weighted by molar-refractivity contribution is 0.604. The van der Waals surface area contributed by atoms with Gasteiger partial charge in [0.1, 0.15) is 0 Å². The van der Waals surface area contributed by atoms with Crippen LogP contribution in [-0.2, 0) is 12.8 Å². The molecule has 2 rings (SSSR count). The first-order valence-corrected chi connectivity index (χ1v) is 6.82. The fraction of sp³-hybridized carbons (Fsp3) is 0.357. The van der Waals surface area contributed by atoms with Crippen molar-refractivity contribution >= 4 is 11.3 Å². The molecule has 90 valence electrons. The maximum Gasteiger partial charge on any atom is 0.0897 e. The summed E-state index contributed by atoms with van der Waals surface area (Å²) in [7, 11) is 0. The highest BCUT2D eigenvalue weighted by atomic mass is 32.1. The van der Waals surface area contributed by atoms with E-state index in [1.165, 1.54) is 5.56 Å². The van der Waals surface area contributed by atoms with Gasteiger partial charge >= 0.3 is 0 Å². The molecule has 0 aliphatic carbocycles. The maximum absolute atomic E-state index is 6.13. The number of benzene rings is 1. The van der Waals surface area contributed by atoms with Gasteiger partial charge < -0.3 is 5.73 Å². The van der Waals surface area contributed by atoms with E-state index in [0.717, 1.165) is 30.0 Å². The minimum absolute atomic E-state index is 0.205. The maximum atomic E-state index is 6.13. The Morgan fingerprint density at radius 1 is 1.29 bits per heavy atom.